The molecule has 1 aromatic heterocycles. The summed E-state index contributed by atoms with van der Waals surface area (Å²) in [6, 6.07) is 5.53. The molecule has 4 rings (SSSR count). The van der Waals surface area contributed by atoms with Crippen molar-refractivity contribution in [3.63, 3.8) is 0 Å². The fraction of sp³-hybridized carbons (Fsp3) is 0.444. The molecule has 0 fully saturated rings. The predicted octanol–water partition coefficient (Wildman–Crippen LogP) is 2.98. The smallest absolute Gasteiger partial charge is 0.248 e. The number of carbonyl (C=O) groups excluding carboxylic acids is 1. The van der Waals surface area contributed by atoms with Crippen molar-refractivity contribution >= 4 is 11.6 Å². The number of anilines is 1. The Kier molecular flexibility index (Phi) is 3.48. The Labute approximate surface area is 140 Å². The van der Waals surface area contributed by atoms with Gasteiger partial charge >= 0.3 is 0 Å². The van der Waals surface area contributed by atoms with Crippen LogP contribution in [0.4, 0.5) is 5.69 Å². The lowest BCUT2D eigenvalue weighted by Crippen LogP contribution is -2.33. The molecule has 2 aliphatic rings. The highest BCUT2D eigenvalue weighted by atomic mass is 16.7. The molecule has 0 spiro atoms. The second-order valence-electron chi connectivity index (χ2n) is 6.57. The van der Waals surface area contributed by atoms with Crippen LogP contribution in [0, 0.1) is 5.92 Å². The van der Waals surface area contributed by atoms with Gasteiger partial charge in [0.25, 0.3) is 0 Å². The van der Waals surface area contributed by atoms with Crippen LogP contribution in [0.25, 0.3) is 0 Å². The standard InChI is InChI=1S/C18H21N3O3/c1-3-18(2)23-14-5-4-13(11-15(14)24-18)20-17(22)12-6-8-21-9-7-19-16(21)10-12/h4-5,7,9,11-12H,3,6,8,10H2,1-2H3,(H,20,22). The summed E-state index contributed by atoms with van der Waals surface area (Å²) in [5, 5.41) is 3.00. The molecule has 24 heavy (non-hydrogen) atoms. The van der Waals surface area contributed by atoms with Crippen molar-refractivity contribution in [3.05, 3.63) is 36.4 Å². The number of hydrogen-bond donors (Lipinski definition) is 1. The number of benzene rings is 1. The molecular formula is C18H21N3O3. The molecule has 6 nitrogen and oxygen atoms in total. The van der Waals surface area contributed by atoms with Gasteiger partial charge in [-0.25, -0.2) is 4.98 Å². The van der Waals surface area contributed by atoms with E-state index in [2.05, 4.69) is 14.9 Å². The molecule has 0 saturated carbocycles. The Balaban J connectivity index is 1.45. The number of amides is 1. The molecule has 6 heteroatoms. The molecule has 1 aromatic carbocycles. The summed E-state index contributed by atoms with van der Waals surface area (Å²) in [6.45, 7) is 4.76. The van der Waals surface area contributed by atoms with Crippen LogP contribution >= 0.6 is 0 Å². The van der Waals surface area contributed by atoms with E-state index in [1.807, 2.05) is 38.2 Å². The molecule has 2 aliphatic heterocycles. The zero-order valence-electron chi connectivity index (χ0n) is 13.9. The highest BCUT2D eigenvalue weighted by molar-refractivity contribution is 5.93. The SMILES string of the molecule is CCC1(C)Oc2ccc(NC(=O)C3CCn4ccnc4C3)cc2O1. The van der Waals surface area contributed by atoms with Crippen molar-refractivity contribution in [1.29, 1.82) is 0 Å². The van der Waals surface area contributed by atoms with Gasteiger partial charge in [-0.1, -0.05) is 6.92 Å². The Morgan fingerprint density at radius 3 is 3.08 bits per heavy atom. The summed E-state index contributed by atoms with van der Waals surface area (Å²) in [5.74, 6) is 1.73. The van der Waals surface area contributed by atoms with Crippen LogP contribution in [0.3, 0.4) is 0 Å². The lowest BCUT2D eigenvalue weighted by molar-refractivity contribution is -0.120. The minimum Gasteiger partial charge on any atom is -0.449 e. The number of imidazole rings is 1. The third-order valence-corrected chi connectivity index (χ3v) is 4.83. The highest BCUT2D eigenvalue weighted by Crippen LogP contribution is 2.42. The number of carbonyl (C=O) groups is 1. The third-order valence-electron chi connectivity index (χ3n) is 4.83. The van der Waals surface area contributed by atoms with Crippen molar-refractivity contribution in [2.24, 2.45) is 5.92 Å². The number of nitrogens with one attached hydrogen (secondary N) is 1. The lowest BCUT2D eigenvalue weighted by atomic mass is 9.97. The Morgan fingerprint density at radius 2 is 2.25 bits per heavy atom. The van der Waals surface area contributed by atoms with Gasteiger partial charge in [-0.05, 0) is 18.6 Å². The zero-order chi connectivity index (χ0) is 16.7. The summed E-state index contributed by atoms with van der Waals surface area (Å²) >= 11 is 0. The average molecular weight is 327 g/mol. The Bertz CT molecular complexity index is 786. The van der Waals surface area contributed by atoms with E-state index < -0.39 is 5.79 Å². The van der Waals surface area contributed by atoms with E-state index in [0.717, 1.165) is 36.6 Å². The van der Waals surface area contributed by atoms with Gasteiger partial charge in [0.1, 0.15) is 5.82 Å². The highest BCUT2D eigenvalue weighted by Gasteiger charge is 2.35. The normalized spacial score (nSPS) is 24.5. The van der Waals surface area contributed by atoms with E-state index in [-0.39, 0.29) is 11.8 Å². The van der Waals surface area contributed by atoms with Crippen molar-refractivity contribution < 1.29 is 14.3 Å². The first kappa shape index (κ1) is 15.1. The number of rotatable bonds is 3. The minimum absolute atomic E-state index is 0.0290. The van der Waals surface area contributed by atoms with E-state index in [0.29, 0.717) is 12.2 Å². The molecule has 1 N–H and O–H groups in total. The first-order chi connectivity index (χ1) is 11.6. The maximum Gasteiger partial charge on any atom is 0.248 e. The van der Waals surface area contributed by atoms with E-state index >= 15 is 0 Å². The largest absolute Gasteiger partial charge is 0.449 e. The van der Waals surface area contributed by atoms with Crippen LogP contribution in [0.2, 0.25) is 0 Å². The van der Waals surface area contributed by atoms with Crippen LogP contribution in [0.1, 0.15) is 32.5 Å². The Hall–Kier alpha value is -2.50. The maximum absolute atomic E-state index is 12.6. The van der Waals surface area contributed by atoms with Gasteiger partial charge in [0.2, 0.25) is 11.7 Å². The van der Waals surface area contributed by atoms with Gasteiger partial charge < -0.3 is 19.4 Å². The lowest BCUT2D eigenvalue weighted by Gasteiger charge is -2.22. The minimum atomic E-state index is -0.620. The van der Waals surface area contributed by atoms with Crippen LogP contribution in [-0.2, 0) is 17.8 Å². The maximum atomic E-state index is 12.6. The predicted molar refractivity (Wildman–Crippen MR) is 89.1 cm³/mol. The van der Waals surface area contributed by atoms with Gasteiger partial charge in [-0.2, -0.15) is 0 Å². The van der Waals surface area contributed by atoms with Gasteiger partial charge in [-0.15, -0.1) is 0 Å². The van der Waals surface area contributed by atoms with E-state index in [9.17, 15) is 4.79 Å². The number of aryl methyl sites for hydroxylation is 1. The molecular weight excluding hydrogens is 306 g/mol. The summed E-state index contributed by atoms with van der Waals surface area (Å²) in [6.07, 6.45) is 6.01. The summed E-state index contributed by atoms with van der Waals surface area (Å²) in [5.41, 5.74) is 0.733. The fourth-order valence-electron chi connectivity index (χ4n) is 3.20. The second kappa shape index (κ2) is 5.54. The van der Waals surface area contributed by atoms with Gasteiger partial charge in [0.15, 0.2) is 11.5 Å². The number of ether oxygens (including phenoxy) is 2. The second-order valence-corrected chi connectivity index (χ2v) is 6.57. The topological polar surface area (TPSA) is 65.4 Å². The molecule has 1 amide bonds. The summed E-state index contributed by atoms with van der Waals surface area (Å²) < 4.78 is 13.8. The van der Waals surface area contributed by atoms with E-state index in [1.165, 1.54) is 0 Å². The van der Waals surface area contributed by atoms with Gasteiger partial charge in [0.05, 0.1) is 0 Å². The zero-order valence-corrected chi connectivity index (χ0v) is 13.9. The molecule has 126 valence electrons. The number of hydrogen-bond acceptors (Lipinski definition) is 4. The van der Waals surface area contributed by atoms with Crippen LogP contribution < -0.4 is 14.8 Å². The molecule has 3 heterocycles. The molecule has 0 radical (unpaired) electrons. The number of nitrogens with zero attached hydrogens (tertiary/aromatic N) is 2. The number of aromatic nitrogens is 2. The van der Waals surface area contributed by atoms with Crippen molar-refractivity contribution in [2.75, 3.05) is 5.32 Å². The molecule has 0 saturated heterocycles. The van der Waals surface area contributed by atoms with Gasteiger partial charge in [0, 0.05) is 56.4 Å². The quantitative estimate of drug-likeness (QED) is 0.941. The van der Waals surface area contributed by atoms with Crippen LogP contribution in [-0.4, -0.2) is 21.2 Å². The van der Waals surface area contributed by atoms with E-state index in [1.54, 1.807) is 6.20 Å². The van der Waals surface area contributed by atoms with Crippen molar-refractivity contribution in [3.8, 4) is 11.5 Å². The fourth-order valence-corrected chi connectivity index (χ4v) is 3.20. The van der Waals surface area contributed by atoms with Crippen LogP contribution in [0.5, 0.6) is 11.5 Å². The molecule has 0 bridgehead atoms. The van der Waals surface area contributed by atoms with E-state index in [4.69, 9.17) is 9.47 Å². The van der Waals surface area contributed by atoms with Crippen molar-refractivity contribution in [1.82, 2.24) is 9.55 Å². The monoisotopic (exact) mass is 327 g/mol. The molecule has 2 aromatic rings. The van der Waals surface area contributed by atoms with Gasteiger partial charge in [-0.3, -0.25) is 4.79 Å². The number of fused-ring (bicyclic) bond motifs is 2. The summed E-state index contributed by atoms with van der Waals surface area (Å²) in [4.78, 5) is 16.9. The third kappa shape index (κ3) is 2.62. The molecule has 2 unspecified atom stereocenters. The summed E-state index contributed by atoms with van der Waals surface area (Å²) in [7, 11) is 0. The van der Waals surface area contributed by atoms with Crippen LogP contribution in [0.15, 0.2) is 30.6 Å². The van der Waals surface area contributed by atoms with Crippen molar-refractivity contribution in [2.45, 2.75) is 45.4 Å². The average Bonchev–Trinajstić information content (AvgIpc) is 3.17. The first-order valence-electron chi connectivity index (χ1n) is 8.39. The Morgan fingerprint density at radius 1 is 1.42 bits per heavy atom. The molecule has 0 aliphatic carbocycles. The molecule has 2 atom stereocenters. The first-order valence-corrected chi connectivity index (χ1v) is 8.39.